The minimum absolute atomic E-state index is 0.627. The SMILES string of the molecule is Cc1ncc(CNC(=S)Nc2ccccc2)s1. The second kappa shape index (κ2) is 5.75. The van der Waals surface area contributed by atoms with Crippen molar-refractivity contribution >= 4 is 34.4 Å². The van der Waals surface area contributed by atoms with Gasteiger partial charge in [0.15, 0.2) is 5.11 Å². The summed E-state index contributed by atoms with van der Waals surface area (Å²) in [4.78, 5) is 5.37. The van der Waals surface area contributed by atoms with E-state index in [1.807, 2.05) is 43.5 Å². The molecule has 5 heteroatoms. The Morgan fingerprint density at radius 1 is 1.35 bits per heavy atom. The second-order valence-electron chi connectivity index (χ2n) is 3.52. The minimum atomic E-state index is 0.627. The minimum Gasteiger partial charge on any atom is -0.357 e. The Bertz CT molecular complexity index is 493. The highest BCUT2D eigenvalue weighted by Crippen LogP contribution is 2.11. The summed E-state index contributed by atoms with van der Waals surface area (Å²) in [5.41, 5.74) is 0.991. The lowest BCUT2D eigenvalue weighted by Gasteiger charge is -2.09. The molecular formula is C12H13N3S2. The number of anilines is 1. The Morgan fingerprint density at radius 2 is 2.12 bits per heavy atom. The molecule has 0 atom stereocenters. The third kappa shape index (κ3) is 3.80. The van der Waals surface area contributed by atoms with Gasteiger partial charge in [-0.05, 0) is 31.3 Å². The third-order valence-corrected chi connectivity index (χ3v) is 3.28. The molecule has 2 N–H and O–H groups in total. The molecule has 0 aliphatic rings. The molecule has 0 bridgehead atoms. The Labute approximate surface area is 110 Å². The fraction of sp³-hybridized carbons (Fsp3) is 0.167. The van der Waals surface area contributed by atoms with Crippen LogP contribution in [0.2, 0.25) is 0 Å². The summed E-state index contributed by atoms with van der Waals surface area (Å²) in [6, 6.07) is 9.87. The van der Waals surface area contributed by atoms with Crippen LogP contribution in [0.1, 0.15) is 9.88 Å². The van der Waals surface area contributed by atoms with E-state index in [4.69, 9.17) is 12.2 Å². The molecule has 0 saturated heterocycles. The lowest BCUT2D eigenvalue weighted by Crippen LogP contribution is -2.27. The molecule has 0 amide bonds. The highest BCUT2D eigenvalue weighted by molar-refractivity contribution is 7.80. The Kier molecular flexibility index (Phi) is 4.06. The van der Waals surface area contributed by atoms with Crippen LogP contribution in [0.3, 0.4) is 0 Å². The quantitative estimate of drug-likeness (QED) is 0.835. The topological polar surface area (TPSA) is 37.0 Å². The molecule has 2 aromatic rings. The Hall–Kier alpha value is -1.46. The summed E-state index contributed by atoms with van der Waals surface area (Å²) >= 11 is 6.88. The largest absolute Gasteiger partial charge is 0.357 e. The van der Waals surface area contributed by atoms with Gasteiger partial charge in [-0.2, -0.15) is 0 Å². The first-order valence-corrected chi connectivity index (χ1v) is 6.48. The van der Waals surface area contributed by atoms with E-state index in [-0.39, 0.29) is 0 Å². The maximum absolute atomic E-state index is 5.20. The van der Waals surface area contributed by atoms with Crippen LogP contribution in [-0.2, 0) is 6.54 Å². The van der Waals surface area contributed by atoms with Gasteiger partial charge in [-0.15, -0.1) is 11.3 Å². The van der Waals surface area contributed by atoms with Gasteiger partial charge in [0.1, 0.15) is 0 Å². The van der Waals surface area contributed by atoms with Crippen LogP contribution in [-0.4, -0.2) is 10.1 Å². The van der Waals surface area contributed by atoms with Gasteiger partial charge in [0.25, 0.3) is 0 Å². The monoisotopic (exact) mass is 263 g/mol. The van der Waals surface area contributed by atoms with E-state index in [1.54, 1.807) is 11.3 Å². The first kappa shape index (κ1) is 12.0. The van der Waals surface area contributed by atoms with E-state index in [9.17, 15) is 0 Å². The maximum Gasteiger partial charge on any atom is 0.171 e. The molecule has 0 unspecified atom stereocenters. The standard InChI is InChI=1S/C12H13N3S2/c1-9-13-7-11(17-9)8-14-12(16)15-10-5-3-2-4-6-10/h2-7H,8H2,1H3,(H2,14,15,16). The van der Waals surface area contributed by atoms with Crippen molar-refractivity contribution in [1.29, 1.82) is 0 Å². The summed E-state index contributed by atoms with van der Waals surface area (Å²) in [6.07, 6.45) is 1.87. The van der Waals surface area contributed by atoms with Gasteiger partial charge in [0, 0.05) is 16.8 Å². The summed E-state index contributed by atoms with van der Waals surface area (Å²) in [6.45, 7) is 2.71. The van der Waals surface area contributed by atoms with Crippen molar-refractivity contribution in [3.63, 3.8) is 0 Å². The zero-order valence-corrected chi connectivity index (χ0v) is 11.1. The van der Waals surface area contributed by atoms with Crippen LogP contribution >= 0.6 is 23.6 Å². The van der Waals surface area contributed by atoms with E-state index in [1.165, 1.54) is 4.88 Å². The first-order chi connectivity index (χ1) is 8.24. The number of rotatable bonds is 3. The van der Waals surface area contributed by atoms with Crippen molar-refractivity contribution < 1.29 is 0 Å². The summed E-state index contributed by atoms with van der Waals surface area (Å²) in [5, 5.41) is 7.97. The average Bonchev–Trinajstić information content (AvgIpc) is 2.74. The van der Waals surface area contributed by atoms with Crippen LogP contribution in [0.15, 0.2) is 36.5 Å². The number of aryl methyl sites for hydroxylation is 1. The van der Waals surface area contributed by atoms with Crippen molar-refractivity contribution in [1.82, 2.24) is 10.3 Å². The molecule has 0 saturated carbocycles. The number of nitrogens with one attached hydrogen (secondary N) is 2. The molecule has 0 fully saturated rings. The van der Waals surface area contributed by atoms with Crippen molar-refractivity contribution in [2.45, 2.75) is 13.5 Å². The average molecular weight is 263 g/mol. The zero-order valence-electron chi connectivity index (χ0n) is 9.43. The number of thiocarbonyl (C=S) groups is 1. The molecule has 2 rings (SSSR count). The molecule has 0 radical (unpaired) electrons. The van der Waals surface area contributed by atoms with Gasteiger partial charge < -0.3 is 10.6 Å². The maximum atomic E-state index is 5.20. The molecule has 17 heavy (non-hydrogen) atoms. The fourth-order valence-corrected chi connectivity index (χ4v) is 2.28. The summed E-state index contributed by atoms with van der Waals surface area (Å²) < 4.78 is 0. The lowest BCUT2D eigenvalue weighted by molar-refractivity contribution is 0.942. The van der Waals surface area contributed by atoms with E-state index in [0.717, 1.165) is 10.7 Å². The lowest BCUT2D eigenvalue weighted by atomic mass is 10.3. The predicted octanol–water partition coefficient (Wildman–Crippen LogP) is 2.94. The number of aromatic nitrogens is 1. The number of benzene rings is 1. The molecule has 0 aliphatic carbocycles. The van der Waals surface area contributed by atoms with Gasteiger partial charge in [0.2, 0.25) is 0 Å². The predicted molar refractivity (Wildman–Crippen MR) is 76.4 cm³/mol. The summed E-state index contributed by atoms with van der Waals surface area (Å²) in [7, 11) is 0. The molecule has 1 aromatic carbocycles. The highest BCUT2D eigenvalue weighted by atomic mass is 32.1. The van der Waals surface area contributed by atoms with E-state index in [0.29, 0.717) is 11.7 Å². The highest BCUT2D eigenvalue weighted by Gasteiger charge is 2.00. The molecule has 88 valence electrons. The zero-order chi connectivity index (χ0) is 12.1. The first-order valence-electron chi connectivity index (χ1n) is 5.25. The Morgan fingerprint density at radius 3 is 2.76 bits per heavy atom. The second-order valence-corrected chi connectivity index (χ2v) is 5.25. The number of para-hydroxylation sites is 1. The Balaban J connectivity index is 1.82. The van der Waals surface area contributed by atoms with Crippen LogP contribution < -0.4 is 10.6 Å². The van der Waals surface area contributed by atoms with Crippen molar-refractivity contribution in [2.24, 2.45) is 0 Å². The van der Waals surface area contributed by atoms with Crippen LogP contribution in [0.4, 0.5) is 5.69 Å². The van der Waals surface area contributed by atoms with Gasteiger partial charge in [-0.25, -0.2) is 4.98 Å². The van der Waals surface area contributed by atoms with Crippen molar-refractivity contribution in [3.05, 3.63) is 46.4 Å². The van der Waals surface area contributed by atoms with E-state index < -0.39 is 0 Å². The molecule has 0 aliphatic heterocycles. The van der Waals surface area contributed by atoms with Gasteiger partial charge in [-0.3, -0.25) is 0 Å². The van der Waals surface area contributed by atoms with E-state index >= 15 is 0 Å². The number of hydrogen-bond acceptors (Lipinski definition) is 3. The number of nitrogens with zero attached hydrogens (tertiary/aromatic N) is 1. The normalized spacial score (nSPS) is 9.94. The van der Waals surface area contributed by atoms with Crippen molar-refractivity contribution in [3.8, 4) is 0 Å². The van der Waals surface area contributed by atoms with Crippen LogP contribution in [0, 0.1) is 6.92 Å². The smallest absolute Gasteiger partial charge is 0.171 e. The number of hydrogen-bond donors (Lipinski definition) is 2. The third-order valence-electron chi connectivity index (χ3n) is 2.12. The van der Waals surface area contributed by atoms with Gasteiger partial charge in [-0.1, -0.05) is 18.2 Å². The molecule has 1 heterocycles. The van der Waals surface area contributed by atoms with Gasteiger partial charge >= 0.3 is 0 Å². The molecule has 0 spiro atoms. The molecule has 1 aromatic heterocycles. The van der Waals surface area contributed by atoms with E-state index in [2.05, 4.69) is 15.6 Å². The van der Waals surface area contributed by atoms with Gasteiger partial charge in [0.05, 0.1) is 11.6 Å². The molecule has 3 nitrogen and oxygen atoms in total. The van der Waals surface area contributed by atoms with Crippen molar-refractivity contribution in [2.75, 3.05) is 5.32 Å². The fourth-order valence-electron chi connectivity index (χ4n) is 1.35. The van der Waals surface area contributed by atoms with Crippen LogP contribution in [0.5, 0.6) is 0 Å². The number of thiazole rings is 1. The molecular weight excluding hydrogens is 250 g/mol. The summed E-state index contributed by atoms with van der Waals surface area (Å²) in [5.74, 6) is 0. The van der Waals surface area contributed by atoms with Crippen LogP contribution in [0.25, 0.3) is 0 Å².